The zero-order chi connectivity index (χ0) is 17.5. The molecule has 134 valence electrons. The molecule has 0 aromatic heterocycles. The molecule has 2 aromatic carbocycles. The van der Waals surface area contributed by atoms with Gasteiger partial charge in [0.25, 0.3) is 0 Å². The molecular formula is C19H23ClNO4+. The van der Waals surface area contributed by atoms with E-state index < -0.39 is 6.10 Å². The van der Waals surface area contributed by atoms with E-state index in [1.807, 2.05) is 53.8 Å². The highest BCUT2D eigenvalue weighted by molar-refractivity contribution is 6.31. The molecule has 0 aliphatic carbocycles. The quantitative estimate of drug-likeness (QED) is 0.747. The van der Waals surface area contributed by atoms with E-state index >= 15 is 0 Å². The molecule has 2 aromatic rings. The Labute approximate surface area is 152 Å². The first kappa shape index (κ1) is 18.0. The predicted octanol–water partition coefficient (Wildman–Crippen LogP) is 1.62. The number of hydrogen-bond donors (Lipinski definition) is 2. The van der Waals surface area contributed by atoms with Crippen LogP contribution in [0.25, 0.3) is 0 Å². The Morgan fingerprint density at radius 1 is 1.16 bits per heavy atom. The molecule has 3 rings (SSSR count). The molecule has 0 bridgehead atoms. The van der Waals surface area contributed by atoms with Crippen molar-refractivity contribution in [2.24, 2.45) is 0 Å². The third kappa shape index (κ3) is 5.34. The minimum Gasteiger partial charge on any atom is -0.486 e. The molecule has 0 spiro atoms. The summed E-state index contributed by atoms with van der Waals surface area (Å²) in [6.07, 6.45) is -0.564. The van der Waals surface area contributed by atoms with Gasteiger partial charge in [0.1, 0.15) is 25.8 Å². The average Bonchev–Trinajstić information content (AvgIpc) is 2.63. The van der Waals surface area contributed by atoms with Gasteiger partial charge in [-0.25, -0.2) is 0 Å². The standard InChI is InChI=1S/C19H22ClNO4/c20-17-6-2-1-5-14(17)11-23-12-15(22)9-21-10-16-13-24-18-7-3-4-8-19(18)25-16/h1-8,15-16,21-22H,9-13H2/p+1/t15-,16-/m1/s1. The van der Waals surface area contributed by atoms with Gasteiger partial charge in [0, 0.05) is 5.02 Å². The summed E-state index contributed by atoms with van der Waals surface area (Å²) in [5.41, 5.74) is 0.923. The lowest BCUT2D eigenvalue weighted by atomic mass is 10.2. The van der Waals surface area contributed by atoms with Crippen molar-refractivity contribution in [3.63, 3.8) is 0 Å². The summed E-state index contributed by atoms with van der Waals surface area (Å²) in [6.45, 7) is 2.45. The molecule has 2 atom stereocenters. The number of para-hydroxylation sites is 2. The van der Waals surface area contributed by atoms with E-state index in [2.05, 4.69) is 0 Å². The second kappa shape index (κ2) is 9.06. The second-order valence-electron chi connectivity index (χ2n) is 6.02. The Balaban J connectivity index is 1.32. The summed E-state index contributed by atoms with van der Waals surface area (Å²) >= 11 is 6.07. The number of benzene rings is 2. The van der Waals surface area contributed by atoms with Crippen LogP contribution in [0.5, 0.6) is 11.5 Å². The number of halogens is 1. The number of aliphatic hydroxyl groups excluding tert-OH is 1. The van der Waals surface area contributed by atoms with Crippen molar-refractivity contribution in [3.8, 4) is 11.5 Å². The zero-order valence-corrected chi connectivity index (χ0v) is 14.7. The van der Waals surface area contributed by atoms with Crippen LogP contribution in [0.2, 0.25) is 5.02 Å². The molecule has 6 heteroatoms. The minimum atomic E-state index is -0.542. The van der Waals surface area contributed by atoms with E-state index in [9.17, 15) is 5.11 Å². The van der Waals surface area contributed by atoms with Crippen molar-refractivity contribution in [2.45, 2.75) is 18.8 Å². The zero-order valence-electron chi connectivity index (χ0n) is 13.9. The van der Waals surface area contributed by atoms with Gasteiger partial charge >= 0.3 is 0 Å². The first-order valence-electron chi connectivity index (χ1n) is 8.41. The molecule has 0 radical (unpaired) electrons. The summed E-state index contributed by atoms with van der Waals surface area (Å²) in [5, 5.41) is 12.7. The van der Waals surface area contributed by atoms with Gasteiger partial charge in [0.2, 0.25) is 0 Å². The number of rotatable bonds is 8. The van der Waals surface area contributed by atoms with E-state index in [0.717, 1.165) is 23.6 Å². The SMILES string of the molecule is O[C@H](C[NH2+]C[C@@H]1COc2ccccc2O1)COCc1ccccc1Cl. The lowest BCUT2D eigenvalue weighted by Gasteiger charge is -2.25. The molecule has 1 heterocycles. The van der Waals surface area contributed by atoms with Crippen LogP contribution in [0.1, 0.15) is 5.56 Å². The van der Waals surface area contributed by atoms with E-state index in [-0.39, 0.29) is 12.7 Å². The molecule has 0 fully saturated rings. The van der Waals surface area contributed by atoms with Gasteiger partial charge < -0.3 is 24.6 Å². The summed E-state index contributed by atoms with van der Waals surface area (Å²) in [4.78, 5) is 0. The van der Waals surface area contributed by atoms with Crippen LogP contribution in [0.15, 0.2) is 48.5 Å². The molecule has 5 nitrogen and oxygen atoms in total. The summed E-state index contributed by atoms with van der Waals surface area (Å²) in [5.74, 6) is 1.56. The van der Waals surface area contributed by atoms with Crippen molar-refractivity contribution in [1.82, 2.24) is 0 Å². The van der Waals surface area contributed by atoms with Crippen molar-refractivity contribution in [1.29, 1.82) is 0 Å². The van der Waals surface area contributed by atoms with Crippen LogP contribution in [0.4, 0.5) is 0 Å². The number of fused-ring (bicyclic) bond motifs is 1. The van der Waals surface area contributed by atoms with E-state index in [4.69, 9.17) is 25.8 Å². The summed E-state index contributed by atoms with van der Waals surface area (Å²) < 4.78 is 17.1. The highest BCUT2D eigenvalue weighted by atomic mass is 35.5. The Kier molecular flexibility index (Phi) is 6.53. The van der Waals surface area contributed by atoms with Gasteiger partial charge in [-0.15, -0.1) is 0 Å². The topological polar surface area (TPSA) is 64.5 Å². The smallest absolute Gasteiger partial charge is 0.181 e. The minimum absolute atomic E-state index is 0.0221. The highest BCUT2D eigenvalue weighted by Gasteiger charge is 2.22. The first-order valence-corrected chi connectivity index (χ1v) is 8.79. The lowest BCUT2D eigenvalue weighted by Crippen LogP contribution is -2.89. The fraction of sp³-hybridized carbons (Fsp3) is 0.368. The third-order valence-electron chi connectivity index (χ3n) is 3.96. The van der Waals surface area contributed by atoms with E-state index in [1.165, 1.54) is 0 Å². The van der Waals surface area contributed by atoms with Gasteiger partial charge in [-0.3, -0.25) is 0 Å². The Morgan fingerprint density at radius 2 is 1.92 bits per heavy atom. The normalized spacial score (nSPS) is 17.3. The van der Waals surface area contributed by atoms with Gasteiger partial charge in [-0.1, -0.05) is 41.9 Å². The Bertz CT molecular complexity index is 682. The average molecular weight is 365 g/mol. The fourth-order valence-corrected chi connectivity index (χ4v) is 2.83. The maximum absolute atomic E-state index is 10.0. The van der Waals surface area contributed by atoms with Crippen molar-refractivity contribution in [2.75, 3.05) is 26.3 Å². The molecule has 3 N–H and O–H groups in total. The van der Waals surface area contributed by atoms with Gasteiger partial charge in [-0.2, -0.15) is 0 Å². The maximum atomic E-state index is 10.0. The molecule has 0 unspecified atom stereocenters. The number of aliphatic hydroxyl groups is 1. The monoisotopic (exact) mass is 364 g/mol. The molecule has 25 heavy (non-hydrogen) atoms. The number of quaternary nitrogens is 1. The van der Waals surface area contributed by atoms with Gasteiger partial charge in [-0.05, 0) is 23.8 Å². The summed E-state index contributed by atoms with van der Waals surface area (Å²) in [7, 11) is 0. The number of nitrogens with two attached hydrogens (primary N) is 1. The van der Waals surface area contributed by atoms with E-state index in [1.54, 1.807) is 0 Å². The molecule has 1 aliphatic heterocycles. The Hall–Kier alpha value is -1.79. The molecule has 0 saturated carbocycles. The van der Waals surface area contributed by atoms with Crippen molar-refractivity contribution >= 4 is 11.6 Å². The molecule has 1 aliphatic rings. The van der Waals surface area contributed by atoms with Crippen molar-refractivity contribution < 1.29 is 24.6 Å². The molecular weight excluding hydrogens is 342 g/mol. The van der Waals surface area contributed by atoms with Crippen LogP contribution in [-0.2, 0) is 11.3 Å². The molecule has 0 saturated heterocycles. The predicted molar refractivity (Wildman–Crippen MR) is 95.1 cm³/mol. The Morgan fingerprint density at radius 3 is 2.76 bits per heavy atom. The number of ether oxygens (including phenoxy) is 3. The summed E-state index contributed by atoms with van der Waals surface area (Å²) in [6, 6.07) is 15.2. The van der Waals surface area contributed by atoms with Crippen LogP contribution >= 0.6 is 11.6 Å². The van der Waals surface area contributed by atoms with Gasteiger partial charge in [0.05, 0.1) is 13.2 Å². The first-order chi connectivity index (χ1) is 12.2. The van der Waals surface area contributed by atoms with Crippen molar-refractivity contribution in [3.05, 3.63) is 59.1 Å². The maximum Gasteiger partial charge on any atom is 0.181 e. The van der Waals surface area contributed by atoms with E-state index in [0.29, 0.717) is 24.8 Å². The molecule has 0 amide bonds. The van der Waals surface area contributed by atoms with Crippen LogP contribution in [0, 0.1) is 0 Å². The largest absolute Gasteiger partial charge is 0.486 e. The second-order valence-corrected chi connectivity index (χ2v) is 6.43. The van der Waals surface area contributed by atoms with Crippen LogP contribution in [0.3, 0.4) is 0 Å². The van der Waals surface area contributed by atoms with Crippen LogP contribution in [-0.4, -0.2) is 43.6 Å². The third-order valence-corrected chi connectivity index (χ3v) is 4.33. The van der Waals surface area contributed by atoms with Gasteiger partial charge in [0.15, 0.2) is 17.6 Å². The lowest BCUT2D eigenvalue weighted by molar-refractivity contribution is -0.666. The number of hydrogen-bond acceptors (Lipinski definition) is 4. The highest BCUT2D eigenvalue weighted by Crippen LogP contribution is 2.30. The van der Waals surface area contributed by atoms with Crippen LogP contribution < -0.4 is 14.8 Å². The fourth-order valence-electron chi connectivity index (χ4n) is 2.64.